The highest BCUT2D eigenvalue weighted by Gasteiger charge is 2.73. The molecule has 2 heterocycles. The van der Waals surface area contributed by atoms with Gasteiger partial charge in [-0.3, -0.25) is 14.4 Å². The Kier molecular flexibility index (Phi) is 10.9. The number of esters is 1. The smallest absolute Gasteiger partial charge is 0.341 e. The topological polar surface area (TPSA) is 281 Å². The van der Waals surface area contributed by atoms with Crippen molar-refractivity contribution in [3.05, 3.63) is 92.1 Å². The van der Waals surface area contributed by atoms with Gasteiger partial charge in [0.1, 0.15) is 46.7 Å². The number of methoxy groups -OCH3 is 4. The van der Waals surface area contributed by atoms with Crippen molar-refractivity contribution in [2.75, 3.05) is 28.4 Å². The van der Waals surface area contributed by atoms with Crippen molar-refractivity contribution >= 4 is 23.3 Å². The number of allylic oxidation sites excluding steroid dienone is 1. The standard InChI is InChI=1S/C42H47NO17/c1-16-8-20-11-26(46)42(58-7)37(51)28-22(36(50)41(42,54)30(20)32(48)27(16)39(52)57-6)12-23-29(31(28)47)24(45)13-25(40(23,53)14-19-10-21(59-15-19)9-17(2)44)43-38-35(56-5)33(49)34(55-4)18(3)60-38/h8,10,12-13,15,17-18,26,33-35,38,43-44,46-49,53-54H,9,11,14H2,1-7H3/t17?,18-,26+,33+,34-,35+,38-,40?,41-,42?/m0/s1. The monoisotopic (exact) mass is 837 g/mol. The number of aryl methyl sites for hydroxylation is 1. The van der Waals surface area contributed by atoms with Crippen LogP contribution in [0.25, 0.3) is 0 Å². The number of furan rings is 1. The zero-order valence-corrected chi connectivity index (χ0v) is 33.8. The quantitative estimate of drug-likeness (QED) is 0.129. The van der Waals surface area contributed by atoms with E-state index in [1.165, 1.54) is 39.5 Å². The molecular weight excluding hydrogens is 790 g/mol. The van der Waals surface area contributed by atoms with Crippen molar-refractivity contribution < 1.29 is 83.0 Å². The van der Waals surface area contributed by atoms with E-state index in [1.54, 1.807) is 13.8 Å². The van der Waals surface area contributed by atoms with Crippen LogP contribution in [0.15, 0.2) is 40.7 Å². The first kappa shape index (κ1) is 43.1. The van der Waals surface area contributed by atoms with Gasteiger partial charge in [-0.1, -0.05) is 6.07 Å². The number of carbonyl (C=O) groups is 4. The number of aliphatic hydroxyl groups is 5. The van der Waals surface area contributed by atoms with Gasteiger partial charge in [0.25, 0.3) is 0 Å². The van der Waals surface area contributed by atoms with Gasteiger partial charge in [-0.2, -0.15) is 0 Å². The van der Waals surface area contributed by atoms with E-state index in [0.717, 1.165) is 26.4 Å². The van der Waals surface area contributed by atoms with Crippen LogP contribution in [0.5, 0.6) is 11.5 Å². The average molecular weight is 838 g/mol. The molecule has 3 aliphatic carbocycles. The van der Waals surface area contributed by atoms with Crippen LogP contribution >= 0.6 is 0 Å². The highest BCUT2D eigenvalue weighted by Crippen LogP contribution is 2.57. The predicted octanol–water partition coefficient (Wildman–Crippen LogP) is 0.514. The molecule has 0 spiro atoms. The number of ether oxygens (including phenoxy) is 5. The van der Waals surface area contributed by atoms with Crippen molar-refractivity contribution in [2.24, 2.45) is 0 Å². The van der Waals surface area contributed by atoms with E-state index in [-0.39, 0.29) is 23.2 Å². The van der Waals surface area contributed by atoms with Crippen molar-refractivity contribution in [2.45, 2.75) is 99.7 Å². The van der Waals surface area contributed by atoms with E-state index in [1.807, 2.05) is 0 Å². The van der Waals surface area contributed by atoms with E-state index in [4.69, 9.17) is 28.1 Å². The summed E-state index contributed by atoms with van der Waals surface area (Å²) in [6.07, 6.45) is -6.64. The van der Waals surface area contributed by atoms with Gasteiger partial charge in [-0.05, 0) is 49.6 Å². The summed E-state index contributed by atoms with van der Waals surface area (Å²) in [4.78, 5) is 57.1. The summed E-state index contributed by atoms with van der Waals surface area (Å²) >= 11 is 0. The second-order valence-electron chi connectivity index (χ2n) is 15.8. The summed E-state index contributed by atoms with van der Waals surface area (Å²) in [7, 11) is 4.65. The molecule has 4 aliphatic rings. The molecule has 0 amide bonds. The molecule has 1 aromatic heterocycles. The third-order valence-corrected chi connectivity index (χ3v) is 12.2. The number of Topliss-reactive ketones (excluding diaryl/α,β-unsaturated/α-hetero) is 2. The van der Waals surface area contributed by atoms with E-state index < -0.39 is 141 Å². The van der Waals surface area contributed by atoms with Gasteiger partial charge < -0.3 is 69.2 Å². The number of carbonyl (C=O) groups excluding carboxylic acids is 4. The molecule has 10 atom stereocenters. The average Bonchev–Trinajstić information content (AvgIpc) is 3.61. The van der Waals surface area contributed by atoms with Crippen molar-refractivity contribution in [3.63, 3.8) is 0 Å². The second kappa shape index (κ2) is 15.2. The molecule has 60 heavy (non-hydrogen) atoms. The summed E-state index contributed by atoms with van der Waals surface area (Å²) in [5.41, 5.74) is -12.2. The molecular formula is C42H47NO17. The number of benzene rings is 2. The lowest BCUT2D eigenvalue weighted by molar-refractivity contribution is -0.237. The lowest BCUT2D eigenvalue weighted by Gasteiger charge is -2.53. The van der Waals surface area contributed by atoms with Gasteiger partial charge in [0.2, 0.25) is 11.6 Å². The van der Waals surface area contributed by atoms with E-state index in [9.17, 15) is 50.1 Å². The molecule has 0 saturated carbocycles. The summed E-state index contributed by atoms with van der Waals surface area (Å²) in [5, 5.41) is 85.4. The van der Waals surface area contributed by atoms with Crippen LogP contribution in [0.1, 0.15) is 88.9 Å². The molecule has 8 N–H and O–H groups in total. The number of phenols is 2. The summed E-state index contributed by atoms with van der Waals surface area (Å²) in [6, 6.07) is 3.82. The number of phenolic OH excluding ortho intramolecular Hbond substituents is 2. The SMILES string of the molecule is COC(=O)c1c(C)cc2c(c1O)[C@]1(O)C(=O)c3cc4c(c(O)c3C(=O)C1(OC)[C@H](O)C2)C(=O)C=C(N[C@H]1O[C@@H](C)[C@H](OC)[C@@H](O)[C@H]1OC)C4(O)Cc1coc(CC(C)O)c1. The van der Waals surface area contributed by atoms with Crippen molar-refractivity contribution in [1.29, 1.82) is 0 Å². The molecule has 2 aromatic carbocycles. The van der Waals surface area contributed by atoms with Gasteiger partial charge in [0.15, 0.2) is 23.2 Å². The van der Waals surface area contributed by atoms with Gasteiger partial charge in [-0.15, -0.1) is 0 Å². The maximum absolute atomic E-state index is 15.1. The first-order chi connectivity index (χ1) is 28.3. The Balaban J connectivity index is 1.46. The minimum absolute atomic E-state index is 0.0199. The maximum atomic E-state index is 15.1. The van der Waals surface area contributed by atoms with Gasteiger partial charge in [0.05, 0.1) is 48.5 Å². The van der Waals surface area contributed by atoms with Gasteiger partial charge >= 0.3 is 5.97 Å². The zero-order chi connectivity index (χ0) is 44.0. The lowest BCUT2D eigenvalue weighted by atomic mass is 9.56. The van der Waals surface area contributed by atoms with E-state index in [0.29, 0.717) is 11.3 Å². The second-order valence-corrected chi connectivity index (χ2v) is 15.8. The third-order valence-electron chi connectivity index (χ3n) is 12.2. The molecule has 3 aromatic rings. The Labute approximate surface area is 342 Å². The molecule has 322 valence electrons. The Bertz CT molecular complexity index is 2330. The lowest BCUT2D eigenvalue weighted by Crippen LogP contribution is -2.73. The van der Waals surface area contributed by atoms with Crippen LogP contribution < -0.4 is 5.32 Å². The van der Waals surface area contributed by atoms with Crippen LogP contribution in [0.3, 0.4) is 0 Å². The third kappa shape index (κ3) is 5.96. The normalized spacial score (nSPS) is 31.4. The number of hydrogen-bond acceptors (Lipinski definition) is 18. The predicted molar refractivity (Wildman–Crippen MR) is 203 cm³/mol. The number of aliphatic hydroxyl groups excluding tert-OH is 3. The minimum atomic E-state index is -3.29. The Morgan fingerprint density at radius 2 is 1.67 bits per heavy atom. The van der Waals surface area contributed by atoms with Gasteiger partial charge in [0, 0.05) is 63.4 Å². The molecule has 0 radical (unpaired) electrons. The molecule has 18 heteroatoms. The Hall–Kier alpha value is -5.02. The molecule has 0 bridgehead atoms. The molecule has 1 saturated heterocycles. The number of nitrogens with one attached hydrogen (secondary N) is 1. The number of ketones is 3. The molecule has 7 rings (SSSR count). The fourth-order valence-corrected chi connectivity index (χ4v) is 9.51. The number of hydrogen-bond donors (Lipinski definition) is 8. The fourth-order valence-electron chi connectivity index (χ4n) is 9.51. The van der Waals surface area contributed by atoms with Crippen molar-refractivity contribution in [3.8, 4) is 11.5 Å². The summed E-state index contributed by atoms with van der Waals surface area (Å²) in [6.45, 7) is 4.62. The first-order valence-corrected chi connectivity index (χ1v) is 19.1. The maximum Gasteiger partial charge on any atom is 0.341 e. The zero-order valence-electron chi connectivity index (χ0n) is 33.8. The molecule has 18 nitrogen and oxygen atoms in total. The van der Waals surface area contributed by atoms with Crippen LogP contribution in [0.4, 0.5) is 0 Å². The first-order valence-electron chi connectivity index (χ1n) is 19.1. The largest absolute Gasteiger partial charge is 0.507 e. The molecule has 1 fully saturated rings. The Morgan fingerprint density at radius 1 is 0.983 bits per heavy atom. The van der Waals surface area contributed by atoms with Crippen LogP contribution in [-0.4, -0.2) is 136 Å². The van der Waals surface area contributed by atoms with Crippen molar-refractivity contribution in [1.82, 2.24) is 5.32 Å². The molecule has 3 unspecified atom stereocenters. The van der Waals surface area contributed by atoms with Crippen LogP contribution in [0.2, 0.25) is 0 Å². The number of rotatable bonds is 10. The summed E-state index contributed by atoms with van der Waals surface area (Å²) in [5.74, 6) is -6.46. The highest BCUT2D eigenvalue weighted by molar-refractivity contribution is 6.26. The minimum Gasteiger partial charge on any atom is -0.507 e. The Morgan fingerprint density at radius 3 is 2.28 bits per heavy atom. The summed E-state index contributed by atoms with van der Waals surface area (Å²) < 4.78 is 33.2. The fraction of sp³-hybridized carbons (Fsp3) is 0.476. The number of aromatic hydroxyl groups is 2. The van der Waals surface area contributed by atoms with Gasteiger partial charge in [-0.25, -0.2) is 4.79 Å². The van der Waals surface area contributed by atoms with Crippen LogP contribution in [0, 0.1) is 6.92 Å². The van der Waals surface area contributed by atoms with Crippen LogP contribution in [-0.2, 0) is 54.1 Å². The van der Waals surface area contributed by atoms with E-state index >= 15 is 4.79 Å². The molecule has 1 aliphatic heterocycles. The highest BCUT2D eigenvalue weighted by atomic mass is 16.6. The van der Waals surface area contributed by atoms with E-state index in [2.05, 4.69) is 5.32 Å². The number of fused-ring (bicyclic) bond motifs is 5.